The molecule has 0 saturated carbocycles. The van der Waals surface area contributed by atoms with Crippen molar-refractivity contribution in [3.8, 4) is 17.2 Å². The molecule has 4 aromatic rings. The summed E-state index contributed by atoms with van der Waals surface area (Å²) in [5, 5.41) is 14.6. The zero-order chi connectivity index (χ0) is 18.6. The molecule has 0 unspecified atom stereocenters. The SMILES string of the molecule is N#Cc1ccc2c(-c3ccc(N)cc3)cnc(NCc3cccnc3)c2c1. The minimum absolute atomic E-state index is 0.600. The van der Waals surface area contributed by atoms with Gasteiger partial charge in [-0.15, -0.1) is 0 Å². The number of nitrogen functional groups attached to an aromatic ring is 1. The Kier molecular flexibility index (Phi) is 4.38. The lowest BCUT2D eigenvalue weighted by Gasteiger charge is -2.13. The summed E-state index contributed by atoms with van der Waals surface area (Å²) >= 11 is 0. The largest absolute Gasteiger partial charge is 0.399 e. The van der Waals surface area contributed by atoms with Gasteiger partial charge in [0.15, 0.2) is 0 Å². The zero-order valence-electron chi connectivity index (χ0n) is 14.6. The predicted octanol–water partition coefficient (Wildman–Crippen LogP) is 4.36. The van der Waals surface area contributed by atoms with Crippen molar-refractivity contribution in [1.82, 2.24) is 9.97 Å². The van der Waals surface area contributed by atoms with Gasteiger partial charge in [0, 0.05) is 41.8 Å². The summed E-state index contributed by atoms with van der Waals surface area (Å²) in [7, 11) is 0. The Morgan fingerprint density at radius 3 is 2.59 bits per heavy atom. The van der Waals surface area contributed by atoms with E-state index in [0.717, 1.165) is 39.0 Å². The van der Waals surface area contributed by atoms with Gasteiger partial charge >= 0.3 is 0 Å². The van der Waals surface area contributed by atoms with Gasteiger partial charge in [0.2, 0.25) is 0 Å². The van der Waals surface area contributed by atoms with Crippen molar-refractivity contribution in [3.05, 3.63) is 84.3 Å². The molecule has 2 heterocycles. The minimum atomic E-state index is 0.600. The van der Waals surface area contributed by atoms with Crippen molar-refractivity contribution in [2.75, 3.05) is 11.1 Å². The highest BCUT2D eigenvalue weighted by atomic mass is 15.0. The quantitative estimate of drug-likeness (QED) is 0.533. The summed E-state index contributed by atoms with van der Waals surface area (Å²) in [4.78, 5) is 8.76. The van der Waals surface area contributed by atoms with Crippen LogP contribution in [0.2, 0.25) is 0 Å². The monoisotopic (exact) mass is 351 g/mol. The molecule has 2 aromatic carbocycles. The molecule has 0 aliphatic heterocycles. The Balaban J connectivity index is 1.79. The molecule has 130 valence electrons. The third-order valence-electron chi connectivity index (χ3n) is 4.42. The van der Waals surface area contributed by atoms with E-state index in [1.54, 1.807) is 6.20 Å². The van der Waals surface area contributed by atoms with Crippen molar-refractivity contribution in [3.63, 3.8) is 0 Å². The number of anilines is 2. The maximum absolute atomic E-state index is 9.30. The number of nitrogens with one attached hydrogen (secondary N) is 1. The number of hydrogen-bond donors (Lipinski definition) is 2. The van der Waals surface area contributed by atoms with Crippen molar-refractivity contribution >= 4 is 22.3 Å². The summed E-state index contributed by atoms with van der Waals surface area (Å²) in [6.07, 6.45) is 5.42. The lowest BCUT2D eigenvalue weighted by atomic mass is 9.99. The average molecular weight is 351 g/mol. The van der Waals surface area contributed by atoms with Crippen LogP contribution in [0, 0.1) is 11.3 Å². The van der Waals surface area contributed by atoms with Gasteiger partial charge < -0.3 is 11.1 Å². The van der Waals surface area contributed by atoms with Crippen LogP contribution in [-0.4, -0.2) is 9.97 Å². The van der Waals surface area contributed by atoms with Crippen LogP contribution in [0.5, 0.6) is 0 Å². The molecule has 0 fully saturated rings. The standard InChI is InChI=1S/C22H17N5/c23-11-15-3-8-19-20(10-15)22(26-13-16-2-1-9-25-12-16)27-14-21(19)17-4-6-18(24)7-5-17/h1-10,12,14H,13,24H2,(H,26,27). The zero-order valence-corrected chi connectivity index (χ0v) is 14.6. The summed E-state index contributed by atoms with van der Waals surface area (Å²) < 4.78 is 0. The van der Waals surface area contributed by atoms with E-state index in [4.69, 9.17) is 5.73 Å². The number of rotatable bonds is 4. The number of nitriles is 1. The van der Waals surface area contributed by atoms with Gasteiger partial charge in [0.1, 0.15) is 5.82 Å². The fraction of sp³-hybridized carbons (Fsp3) is 0.0455. The Morgan fingerprint density at radius 2 is 1.85 bits per heavy atom. The normalized spacial score (nSPS) is 10.5. The summed E-state index contributed by atoms with van der Waals surface area (Å²) in [5.74, 6) is 0.741. The molecule has 0 amide bonds. The summed E-state index contributed by atoms with van der Waals surface area (Å²) in [6, 6.07) is 19.5. The summed E-state index contributed by atoms with van der Waals surface area (Å²) in [5.41, 5.74) is 10.2. The molecule has 3 N–H and O–H groups in total. The van der Waals surface area contributed by atoms with Crippen LogP contribution in [0.4, 0.5) is 11.5 Å². The molecule has 0 spiro atoms. The Morgan fingerprint density at radius 1 is 1.00 bits per heavy atom. The van der Waals surface area contributed by atoms with E-state index < -0.39 is 0 Å². The summed E-state index contributed by atoms with van der Waals surface area (Å²) in [6.45, 7) is 0.605. The van der Waals surface area contributed by atoms with Crippen LogP contribution in [0.3, 0.4) is 0 Å². The smallest absolute Gasteiger partial charge is 0.134 e. The van der Waals surface area contributed by atoms with E-state index in [0.29, 0.717) is 12.1 Å². The molecule has 0 saturated heterocycles. The van der Waals surface area contributed by atoms with E-state index in [-0.39, 0.29) is 0 Å². The maximum atomic E-state index is 9.30. The predicted molar refractivity (Wildman–Crippen MR) is 108 cm³/mol. The first-order chi connectivity index (χ1) is 13.2. The second kappa shape index (κ2) is 7.14. The van der Waals surface area contributed by atoms with Gasteiger partial charge in [-0.3, -0.25) is 4.98 Å². The molecule has 0 aliphatic carbocycles. The molecule has 5 nitrogen and oxygen atoms in total. The number of nitrogens with zero attached hydrogens (tertiary/aromatic N) is 3. The van der Waals surface area contributed by atoms with Crippen LogP contribution in [-0.2, 0) is 6.54 Å². The number of fused-ring (bicyclic) bond motifs is 1. The van der Waals surface area contributed by atoms with Crippen LogP contribution in [0.15, 0.2) is 73.2 Å². The number of nitrogens with two attached hydrogens (primary N) is 1. The van der Waals surface area contributed by atoms with Crippen LogP contribution in [0.1, 0.15) is 11.1 Å². The van der Waals surface area contributed by atoms with Crippen LogP contribution >= 0.6 is 0 Å². The fourth-order valence-corrected chi connectivity index (χ4v) is 3.03. The van der Waals surface area contributed by atoms with Crippen LogP contribution in [0.25, 0.3) is 21.9 Å². The first kappa shape index (κ1) is 16.6. The first-order valence-corrected chi connectivity index (χ1v) is 8.56. The Bertz CT molecular complexity index is 1130. The molecule has 0 aliphatic rings. The first-order valence-electron chi connectivity index (χ1n) is 8.56. The molecular formula is C22H17N5. The third kappa shape index (κ3) is 3.42. The lowest BCUT2D eigenvalue weighted by Crippen LogP contribution is -2.03. The highest BCUT2D eigenvalue weighted by Gasteiger charge is 2.10. The van der Waals surface area contributed by atoms with Crippen molar-refractivity contribution in [1.29, 1.82) is 5.26 Å². The van der Waals surface area contributed by atoms with E-state index in [2.05, 4.69) is 21.4 Å². The highest BCUT2D eigenvalue weighted by molar-refractivity contribution is 6.02. The van der Waals surface area contributed by atoms with E-state index in [1.165, 1.54) is 0 Å². The number of pyridine rings is 2. The number of benzene rings is 2. The van der Waals surface area contributed by atoms with E-state index >= 15 is 0 Å². The van der Waals surface area contributed by atoms with Crippen molar-refractivity contribution < 1.29 is 0 Å². The molecule has 4 rings (SSSR count). The number of aromatic nitrogens is 2. The molecule has 0 bridgehead atoms. The van der Waals surface area contributed by atoms with Gasteiger partial charge in [-0.2, -0.15) is 5.26 Å². The topological polar surface area (TPSA) is 87.6 Å². The lowest BCUT2D eigenvalue weighted by molar-refractivity contribution is 1.09. The van der Waals surface area contributed by atoms with Crippen LogP contribution < -0.4 is 11.1 Å². The molecule has 0 radical (unpaired) electrons. The van der Waals surface area contributed by atoms with E-state index in [9.17, 15) is 5.26 Å². The number of hydrogen-bond acceptors (Lipinski definition) is 5. The minimum Gasteiger partial charge on any atom is -0.399 e. The van der Waals surface area contributed by atoms with Gasteiger partial charge in [-0.1, -0.05) is 24.3 Å². The maximum Gasteiger partial charge on any atom is 0.134 e. The molecule has 27 heavy (non-hydrogen) atoms. The third-order valence-corrected chi connectivity index (χ3v) is 4.42. The Labute approximate surface area is 157 Å². The highest BCUT2D eigenvalue weighted by Crippen LogP contribution is 2.32. The van der Waals surface area contributed by atoms with Crippen molar-refractivity contribution in [2.45, 2.75) is 6.54 Å². The average Bonchev–Trinajstić information content (AvgIpc) is 2.73. The van der Waals surface area contributed by atoms with Crippen molar-refractivity contribution in [2.24, 2.45) is 0 Å². The molecular weight excluding hydrogens is 334 g/mol. The second-order valence-corrected chi connectivity index (χ2v) is 6.23. The van der Waals surface area contributed by atoms with Gasteiger partial charge in [-0.25, -0.2) is 4.98 Å². The Hall–Kier alpha value is -3.91. The van der Waals surface area contributed by atoms with Gasteiger partial charge in [0.25, 0.3) is 0 Å². The molecule has 0 atom stereocenters. The van der Waals surface area contributed by atoms with Gasteiger partial charge in [-0.05, 0) is 46.8 Å². The van der Waals surface area contributed by atoms with Gasteiger partial charge in [0.05, 0.1) is 11.6 Å². The fourth-order valence-electron chi connectivity index (χ4n) is 3.03. The molecule has 2 aromatic heterocycles. The second-order valence-electron chi connectivity index (χ2n) is 6.23. The van der Waals surface area contributed by atoms with E-state index in [1.807, 2.05) is 67.0 Å². The molecule has 5 heteroatoms.